The van der Waals surface area contributed by atoms with Crippen LogP contribution in [0.1, 0.15) is 5.69 Å². The zero-order valence-electron chi connectivity index (χ0n) is 8.86. The van der Waals surface area contributed by atoms with Gasteiger partial charge >= 0.3 is 0 Å². The molecule has 0 saturated carbocycles. The van der Waals surface area contributed by atoms with Crippen molar-refractivity contribution in [2.45, 2.75) is 11.9 Å². The van der Waals surface area contributed by atoms with Crippen molar-refractivity contribution >= 4 is 21.2 Å². The van der Waals surface area contributed by atoms with Gasteiger partial charge < -0.3 is 0 Å². The van der Waals surface area contributed by atoms with E-state index in [0.717, 1.165) is 6.26 Å². The summed E-state index contributed by atoms with van der Waals surface area (Å²) in [5.41, 5.74) is 2.23. The lowest BCUT2D eigenvalue weighted by atomic mass is 10.5. The Labute approximate surface area is 98.1 Å². The van der Waals surface area contributed by atoms with Gasteiger partial charge in [0.25, 0.3) is 0 Å². The highest BCUT2D eigenvalue weighted by atomic mass is 32.2. The van der Waals surface area contributed by atoms with E-state index in [9.17, 15) is 8.42 Å². The smallest absolute Gasteiger partial charge is 0.194 e. The summed E-state index contributed by atoms with van der Waals surface area (Å²) in [6, 6.07) is 0. The van der Waals surface area contributed by atoms with Crippen LogP contribution in [0.15, 0.2) is 34.5 Å². The Bertz CT molecular complexity index is 506. The Hall–Kier alpha value is -1.34. The van der Waals surface area contributed by atoms with Gasteiger partial charge in [-0.05, 0) is 6.92 Å². The standard InChI is InChI=1S/C6H8N2O2S.C3H3NS/c1-5-6(11(2,9)10)8-4-3-7-5;1-2-5-3-4-1/h3-4H,1-2H3;1-3H. The average Bonchev–Trinajstić information content (AvgIpc) is 2.74. The maximum atomic E-state index is 11.0. The number of aryl methyl sites for hydroxylation is 1. The van der Waals surface area contributed by atoms with Gasteiger partial charge in [-0.3, -0.25) is 9.97 Å². The summed E-state index contributed by atoms with van der Waals surface area (Å²) < 4.78 is 21.9. The van der Waals surface area contributed by atoms with Gasteiger partial charge in [-0.15, -0.1) is 11.3 Å². The molecule has 0 saturated heterocycles. The van der Waals surface area contributed by atoms with Crippen molar-refractivity contribution < 1.29 is 8.42 Å². The first-order valence-electron chi connectivity index (χ1n) is 4.31. The topological polar surface area (TPSA) is 72.8 Å². The molecule has 16 heavy (non-hydrogen) atoms. The first-order chi connectivity index (χ1) is 7.52. The molecule has 86 valence electrons. The summed E-state index contributed by atoms with van der Waals surface area (Å²) >= 11 is 1.60. The molecule has 0 spiro atoms. The molecular weight excluding hydrogens is 246 g/mol. The second kappa shape index (κ2) is 5.66. The lowest BCUT2D eigenvalue weighted by Crippen LogP contribution is -2.03. The quantitative estimate of drug-likeness (QED) is 0.770. The molecule has 0 aliphatic carbocycles. The molecule has 0 unspecified atom stereocenters. The Morgan fingerprint density at radius 3 is 2.19 bits per heavy atom. The van der Waals surface area contributed by atoms with Crippen LogP contribution in [-0.4, -0.2) is 29.6 Å². The van der Waals surface area contributed by atoms with Gasteiger partial charge in [0.15, 0.2) is 14.9 Å². The fraction of sp³-hybridized carbons (Fsp3) is 0.222. The molecule has 5 nitrogen and oxygen atoms in total. The maximum absolute atomic E-state index is 11.0. The number of hydrogen-bond donors (Lipinski definition) is 0. The molecule has 2 aromatic heterocycles. The van der Waals surface area contributed by atoms with Crippen LogP contribution in [-0.2, 0) is 9.84 Å². The molecule has 7 heteroatoms. The molecule has 0 fully saturated rings. The molecule has 0 aromatic carbocycles. The van der Waals surface area contributed by atoms with Crippen molar-refractivity contribution in [3.63, 3.8) is 0 Å². The molecule has 2 rings (SSSR count). The van der Waals surface area contributed by atoms with Crippen molar-refractivity contribution in [3.8, 4) is 0 Å². The van der Waals surface area contributed by atoms with Gasteiger partial charge in [0, 0.05) is 30.2 Å². The highest BCUT2D eigenvalue weighted by molar-refractivity contribution is 7.90. The predicted octanol–water partition coefficient (Wildman–Crippen LogP) is 1.33. The fourth-order valence-corrected chi connectivity index (χ4v) is 2.13. The van der Waals surface area contributed by atoms with E-state index < -0.39 is 9.84 Å². The van der Waals surface area contributed by atoms with Crippen molar-refractivity contribution in [1.29, 1.82) is 0 Å². The van der Waals surface area contributed by atoms with E-state index in [1.807, 2.05) is 5.38 Å². The summed E-state index contributed by atoms with van der Waals surface area (Å²) in [6.45, 7) is 1.61. The minimum absolute atomic E-state index is 0.0556. The molecule has 0 radical (unpaired) electrons. The highest BCUT2D eigenvalue weighted by Gasteiger charge is 2.11. The Morgan fingerprint density at radius 2 is 1.88 bits per heavy atom. The van der Waals surface area contributed by atoms with E-state index in [1.54, 1.807) is 30.0 Å². The zero-order valence-corrected chi connectivity index (χ0v) is 10.5. The van der Waals surface area contributed by atoms with Crippen molar-refractivity contribution in [2.75, 3.05) is 6.26 Å². The van der Waals surface area contributed by atoms with E-state index in [1.165, 1.54) is 12.4 Å². The van der Waals surface area contributed by atoms with Crippen molar-refractivity contribution in [2.24, 2.45) is 0 Å². The van der Waals surface area contributed by atoms with Crippen molar-refractivity contribution in [3.05, 3.63) is 35.2 Å². The van der Waals surface area contributed by atoms with Gasteiger partial charge in [-0.25, -0.2) is 13.4 Å². The minimum Gasteiger partial charge on any atom is -0.257 e. The normalized spacial score (nSPS) is 10.4. The van der Waals surface area contributed by atoms with Crippen LogP contribution in [0.25, 0.3) is 0 Å². The van der Waals surface area contributed by atoms with Crippen LogP contribution in [0.4, 0.5) is 0 Å². The van der Waals surface area contributed by atoms with Crippen molar-refractivity contribution in [1.82, 2.24) is 15.0 Å². The van der Waals surface area contributed by atoms with E-state index in [2.05, 4.69) is 15.0 Å². The molecule has 0 bridgehead atoms. The van der Waals surface area contributed by atoms with Gasteiger partial charge in [0.05, 0.1) is 11.2 Å². The number of thiazole rings is 1. The number of rotatable bonds is 1. The zero-order chi connectivity index (χ0) is 12.0. The molecule has 0 N–H and O–H groups in total. The Kier molecular flexibility index (Phi) is 4.51. The first-order valence-corrected chi connectivity index (χ1v) is 7.15. The fourth-order valence-electron chi connectivity index (χ4n) is 0.935. The number of nitrogens with zero attached hydrogens (tertiary/aromatic N) is 3. The summed E-state index contributed by atoms with van der Waals surface area (Å²) in [6.07, 6.45) is 5.71. The van der Waals surface area contributed by atoms with Gasteiger partial charge in [0.2, 0.25) is 0 Å². The van der Waals surface area contributed by atoms with E-state index >= 15 is 0 Å². The largest absolute Gasteiger partial charge is 0.257 e. The number of sulfone groups is 1. The van der Waals surface area contributed by atoms with Crippen LogP contribution in [0, 0.1) is 6.92 Å². The molecule has 2 heterocycles. The van der Waals surface area contributed by atoms with Gasteiger partial charge in [0.1, 0.15) is 0 Å². The second-order valence-electron chi connectivity index (χ2n) is 2.89. The first kappa shape index (κ1) is 12.7. The predicted molar refractivity (Wildman–Crippen MR) is 62.0 cm³/mol. The van der Waals surface area contributed by atoms with E-state index in [0.29, 0.717) is 5.69 Å². The molecular formula is C9H11N3O2S2. The van der Waals surface area contributed by atoms with Gasteiger partial charge in [-0.1, -0.05) is 0 Å². The number of aromatic nitrogens is 3. The summed E-state index contributed by atoms with van der Waals surface area (Å²) in [7, 11) is -3.21. The Balaban J connectivity index is 0.000000212. The highest BCUT2D eigenvalue weighted by Crippen LogP contribution is 2.06. The lowest BCUT2D eigenvalue weighted by Gasteiger charge is -1.98. The van der Waals surface area contributed by atoms with Crippen LogP contribution in [0.5, 0.6) is 0 Å². The summed E-state index contributed by atoms with van der Waals surface area (Å²) in [5.74, 6) is 0. The molecule has 0 amide bonds. The molecule has 2 aromatic rings. The molecule has 0 aliphatic heterocycles. The minimum atomic E-state index is -3.21. The third kappa shape index (κ3) is 4.03. The second-order valence-corrected chi connectivity index (χ2v) is 5.58. The Morgan fingerprint density at radius 1 is 1.19 bits per heavy atom. The van der Waals surface area contributed by atoms with Gasteiger partial charge in [-0.2, -0.15) is 0 Å². The van der Waals surface area contributed by atoms with Crippen LogP contribution < -0.4 is 0 Å². The summed E-state index contributed by atoms with van der Waals surface area (Å²) in [4.78, 5) is 11.2. The SMILES string of the molecule is Cc1nccnc1S(C)(=O)=O.c1cscn1. The van der Waals surface area contributed by atoms with Crippen LogP contribution in [0.3, 0.4) is 0 Å². The summed E-state index contributed by atoms with van der Waals surface area (Å²) in [5, 5.41) is 1.99. The molecule has 0 aliphatic rings. The van der Waals surface area contributed by atoms with E-state index in [4.69, 9.17) is 0 Å². The third-order valence-electron chi connectivity index (χ3n) is 1.53. The molecule has 0 atom stereocenters. The number of hydrogen-bond acceptors (Lipinski definition) is 6. The van der Waals surface area contributed by atoms with Crippen LogP contribution >= 0.6 is 11.3 Å². The van der Waals surface area contributed by atoms with Crippen LogP contribution in [0.2, 0.25) is 0 Å². The third-order valence-corrected chi connectivity index (χ3v) is 3.16. The average molecular weight is 257 g/mol. The monoisotopic (exact) mass is 257 g/mol. The maximum Gasteiger partial charge on any atom is 0.194 e. The lowest BCUT2D eigenvalue weighted by molar-refractivity contribution is 0.596. The van der Waals surface area contributed by atoms with E-state index in [-0.39, 0.29) is 5.03 Å².